The van der Waals surface area contributed by atoms with E-state index in [2.05, 4.69) is 23.7 Å². The fourth-order valence-electron chi connectivity index (χ4n) is 3.68. The summed E-state index contributed by atoms with van der Waals surface area (Å²) in [5.41, 5.74) is 1.23. The number of hydrogen-bond donors (Lipinski definition) is 0. The first-order valence-electron chi connectivity index (χ1n) is 8.58. The zero-order chi connectivity index (χ0) is 17.5. The Morgan fingerprint density at radius 1 is 1.38 bits per heavy atom. The lowest BCUT2D eigenvalue weighted by Crippen LogP contribution is -2.53. The van der Waals surface area contributed by atoms with E-state index in [4.69, 9.17) is 0 Å². The summed E-state index contributed by atoms with van der Waals surface area (Å²) in [6.07, 6.45) is 3.24. The summed E-state index contributed by atoms with van der Waals surface area (Å²) in [7, 11) is 3.83. The summed E-state index contributed by atoms with van der Waals surface area (Å²) < 4.78 is 0. The Kier molecular flexibility index (Phi) is 4.34. The van der Waals surface area contributed by atoms with Gasteiger partial charge >= 0.3 is 0 Å². The van der Waals surface area contributed by atoms with Crippen LogP contribution in [0.3, 0.4) is 0 Å². The molecule has 1 aromatic heterocycles. The van der Waals surface area contributed by atoms with Gasteiger partial charge in [0, 0.05) is 32.4 Å². The van der Waals surface area contributed by atoms with Gasteiger partial charge in [-0.15, -0.1) is 0 Å². The zero-order valence-corrected chi connectivity index (χ0v) is 15.0. The molecule has 0 saturated carbocycles. The van der Waals surface area contributed by atoms with Gasteiger partial charge in [-0.25, -0.2) is 0 Å². The van der Waals surface area contributed by atoms with E-state index in [0.29, 0.717) is 31.2 Å². The van der Waals surface area contributed by atoms with E-state index in [1.807, 2.05) is 36.0 Å². The van der Waals surface area contributed by atoms with Gasteiger partial charge in [-0.05, 0) is 45.9 Å². The minimum Gasteiger partial charge on any atom is -0.341 e. The Balaban J connectivity index is 1.73. The lowest BCUT2D eigenvalue weighted by Gasteiger charge is -2.43. The topological polar surface area (TPSA) is 56.8 Å². The first-order chi connectivity index (χ1) is 11.4. The van der Waals surface area contributed by atoms with Crippen molar-refractivity contribution in [2.45, 2.75) is 38.3 Å². The second kappa shape index (κ2) is 6.16. The van der Waals surface area contributed by atoms with Crippen molar-refractivity contribution in [2.24, 2.45) is 0 Å². The number of nitrogens with zero attached hydrogens (tertiary/aromatic N) is 4. The molecular weight excluding hydrogens is 304 g/mol. The van der Waals surface area contributed by atoms with Crippen LogP contribution in [0.1, 0.15) is 42.7 Å². The molecule has 2 amide bonds. The van der Waals surface area contributed by atoms with E-state index in [1.54, 1.807) is 6.20 Å². The number of rotatable bonds is 3. The van der Waals surface area contributed by atoms with E-state index in [1.165, 1.54) is 0 Å². The monoisotopic (exact) mass is 330 g/mol. The average Bonchev–Trinajstić information content (AvgIpc) is 2.78. The molecule has 130 valence electrons. The third-order valence-electron chi connectivity index (χ3n) is 5.64. The number of carbonyl (C=O) groups excluding carboxylic acids is 2. The standard InChI is InChI=1S/C18H26N4O2/c1-13(2)20(3)12-15(23)22-10-7-18(8-11-22)16-14(6-5-9-19-16)17(24)21(18)4/h5-6,9,13H,7-8,10-12H2,1-4H3. The lowest BCUT2D eigenvalue weighted by molar-refractivity contribution is -0.135. The number of pyridine rings is 1. The maximum atomic E-state index is 12.5. The molecular formula is C18H26N4O2. The Morgan fingerprint density at radius 2 is 2.04 bits per heavy atom. The van der Waals surface area contributed by atoms with E-state index in [9.17, 15) is 9.59 Å². The molecule has 0 atom stereocenters. The Hall–Kier alpha value is -1.95. The van der Waals surface area contributed by atoms with Crippen molar-refractivity contribution in [3.05, 3.63) is 29.6 Å². The SMILES string of the molecule is CC(C)N(C)CC(=O)N1CCC2(CC1)c1ncccc1C(=O)N2C. The van der Waals surface area contributed by atoms with Gasteiger partial charge in [0.05, 0.1) is 23.3 Å². The van der Waals surface area contributed by atoms with Crippen molar-refractivity contribution < 1.29 is 9.59 Å². The number of fused-ring (bicyclic) bond motifs is 2. The summed E-state index contributed by atoms with van der Waals surface area (Å²) in [5.74, 6) is 0.201. The largest absolute Gasteiger partial charge is 0.341 e. The quantitative estimate of drug-likeness (QED) is 0.839. The Morgan fingerprint density at radius 3 is 2.67 bits per heavy atom. The molecule has 0 bridgehead atoms. The Labute approximate surface area is 143 Å². The highest BCUT2D eigenvalue weighted by atomic mass is 16.2. The van der Waals surface area contributed by atoms with Crippen LogP contribution in [0.15, 0.2) is 18.3 Å². The minimum atomic E-state index is -0.353. The van der Waals surface area contributed by atoms with Crippen molar-refractivity contribution in [1.82, 2.24) is 19.7 Å². The highest BCUT2D eigenvalue weighted by Gasteiger charge is 2.50. The van der Waals surface area contributed by atoms with E-state index in [-0.39, 0.29) is 17.4 Å². The van der Waals surface area contributed by atoms with Crippen LogP contribution < -0.4 is 0 Å². The van der Waals surface area contributed by atoms with Crippen molar-refractivity contribution in [2.75, 3.05) is 33.7 Å². The number of likely N-dealkylation sites (tertiary alicyclic amines) is 1. The summed E-state index contributed by atoms with van der Waals surface area (Å²) >= 11 is 0. The summed E-state index contributed by atoms with van der Waals surface area (Å²) in [4.78, 5) is 35.3. The van der Waals surface area contributed by atoms with Gasteiger partial charge < -0.3 is 9.80 Å². The molecule has 0 aliphatic carbocycles. The third-order valence-corrected chi connectivity index (χ3v) is 5.64. The van der Waals surface area contributed by atoms with Crippen LogP contribution in [0.25, 0.3) is 0 Å². The molecule has 1 aromatic rings. The molecule has 6 nitrogen and oxygen atoms in total. The molecule has 3 heterocycles. The second-order valence-electron chi connectivity index (χ2n) is 7.18. The van der Waals surface area contributed by atoms with Crippen molar-refractivity contribution in [1.29, 1.82) is 0 Å². The highest BCUT2D eigenvalue weighted by molar-refractivity contribution is 5.99. The molecule has 0 unspecified atom stereocenters. The number of aromatic nitrogens is 1. The summed E-state index contributed by atoms with van der Waals surface area (Å²) in [6.45, 7) is 5.94. The molecule has 2 aliphatic rings. The maximum Gasteiger partial charge on any atom is 0.256 e. The molecule has 0 aromatic carbocycles. The number of piperidine rings is 1. The first-order valence-corrected chi connectivity index (χ1v) is 8.58. The van der Waals surface area contributed by atoms with Crippen molar-refractivity contribution >= 4 is 11.8 Å². The molecule has 1 saturated heterocycles. The van der Waals surface area contributed by atoms with Crippen LogP contribution in [0, 0.1) is 0 Å². The molecule has 24 heavy (non-hydrogen) atoms. The summed E-state index contributed by atoms with van der Waals surface area (Å²) in [5, 5.41) is 0. The summed E-state index contributed by atoms with van der Waals surface area (Å²) in [6, 6.07) is 4.01. The molecule has 2 aliphatic heterocycles. The lowest BCUT2D eigenvalue weighted by atomic mass is 9.84. The predicted octanol–water partition coefficient (Wildman–Crippen LogP) is 1.33. The van der Waals surface area contributed by atoms with Gasteiger partial charge in [-0.3, -0.25) is 19.5 Å². The van der Waals surface area contributed by atoms with E-state index >= 15 is 0 Å². The van der Waals surface area contributed by atoms with Crippen LogP contribution in [-0.4, -0.2) is 71.3 Å². The normalized spacial score (nSPS) is 19.5. The number of hydrogen-bond acceptors (Lipinski definition) is 4. The number of amides is 2. The molecule has 6 heteroatoms. The average molecular weight is 330 g/mol. The fraction of sp³-hybridized carbons (Fsp3) is 0.611. The molecule has 3 rings (SSSR count). The second-order valence-corrected chi connectivity index (χ2v) is 7.18. The number of likely N-dealkylation sites (N-methyl/N-ethyl adjacent to an activating group) is 1. The van der Waals surface area contributed by atoms with Crippen LogP contribution in [-0.2, 0) is 10.3 Å². The van der Waals surface area contributed by atoms with Crippen molar-refractivity contribution in [3.63, 3.8) is 0 Å². The first kappa shape index (κ1) is 16.9. The van der Waals surface area contributed by atoms with Crippen LogP contribution >= 0.6 is 0 Å². The van der Waals surface area contributed by atoms with Gasteiger partial charge in [0.2, 0.25) is 5.91 Å². The Bertz CT molecular complexity index is 650. The molecule has 1 spiro atoms. The minimum absolute atomic E-state index is 0.0393. The van der Waals surface area contributed by atoms with E-state index < -0.39 is 0 Å². The zero-order valence-electron chi connectivity index (χ0n) is 15.0. The smallest absolute Gasteiger partial charge is 0.256 e. The number of carbonyl (C=O) groups is 2. The van der Waals surface area contributed by atoms with Gasteiger partial charge in [0.15, 0.2) is 0 Å². The van der Waals surface area contributed by atoms with Gasteiger partial charge in [-0.1, -0.05) is 0 Å². The highest BCUT2D eigenvalue weighted by Crippen LogP contribution is 2.44. The fourth-order valence-corrected chi connectivity index (χ4v) is 3.68. The van der Waals surface area contributed by atoms with Crippen LogP contribution in [0.4, 0.5) is 0 Å². The molecule has 0 radical (unpaired) electrons. The van der Waals surface area contributed by atoms with Gasteiger partial charge in [0.1, 0.15) is 0 Å². The van der Waals surface area contributed by atoms with E-state index in [0.717, 1.165) is 18.5 Å². The van der Waals surface area contributed by atoms with Gasteiger partial charge in [-0.2, -0.15) is 0 Å². The molecule has 0 N–H and O–H groups in total. The van der Waals surface area contributed by atoms with Crippen LogP contribution in [0.2, 0.25) is 0 Å². The maximum absolute atomic E-state index is 12.5. The van der Waals surface area contributed by atoms with Crippen LogP contribution in [0.5, 0.6) is 0 Å². The predicted molar refractivity (Wildman–Crippen MR) is 91.6 cm³/mol. The molecule has 1 fully saturated rings. The van der Waals surface area contributed by atoms with Crippen molar-refractivity contribution in [3.8, 4) is 0 Å². The van der Waals surface area contributed by atoms with Gasteiger partial charge in [0.25, 0.3) is 5.91 Å². The third kappa shape index (κ3) is 2.59.